The van der Waals surface area contributed by atoms with Crippen molar-refractivity contribution in [2.45, 2.75) is 110 Å². The van der Waals surface area contributed by atoms with Crippen LogP contribution in [0.3, 0.4) is 0 Å². The lowest BCUT2D eigenvalue weighted by Gasteiger charge is -2.49. The van der Waals surface area contributed by atoms with Gasteiger partial charge in [-0.3, -0.25) is 0 Å². The molecule has 1 saturated carbocycles. The number of hydrogen-bond acceptors (Lipinski definition) is 3. The van der Waals surface area contributed by atoms with E-state index in [1.807, 2.05) is 6.07 Å². The van der Waals surface area contributed by atoms with Crippen LogP contribution in [0.15, 0.2) is 42.5 Å². The van der Waals surface area contributed by atoms with E-state index in [1.165, 1.54) is 36.8 Å². The molecule has 4 rings (SSSR count). The van der Waals surface area contributed by atoms with Gasteiger partial charge < -0.3 is 14.3 Å². The van der Waals surface area contributed by atoms with E-state index in [-0.39, 0.29) is 22.9 Å². The Morgan fingerprint density at radius 2 is 1.86 bits per heavy atom. The van der Waals surface area contributed by atoms with E-state index in [1.54, 1.807) is 0 Å². The molecule has 1 heterocycles. The van der Waals surface area contributed by atoms with Crippen molar-refractivity contribution < 1.29 is 14.3 Å². The molecule has 1 aliphatic carbocycles. The SMILES string of the molecule is CCCCCCC(C)(C)c1cc(OCc2ccccc2)c2c(c1)OC(C)(C)[C@@H]1CC[C@H](C=O)C[C@@H]21. The van der Waals surface area contributed by atoms with Crippen molar-refractivity contribution in [2.75, 3.05) is 0 Å². The fourth-order valence-corrected chi connectivity index (χ4v) is 6.27. The highest BCUT2D eigenvalue weighted by atomic mass is 16.5. The van der Waals surface area contributed by atoms with E-state index in [2.05, 4.69) is 71.0 Å². The van der Waals surface area contributed by atoms with Gasteiger partial charge in [-0.1, -0.05) is 76.8 Å². The number of fused-ring (bicyclic) bond motifs is 3. The highest BCUT2D eigenvalue weighted by Gasteiger charge is 2.48. The smallest absolute Gasteiger partial charge is 0.127 e. The fraction of sp³-hybridized carbons (Fsp3) is 0.594. The number of benzene rings is 2. The van der Waals surface area contributed by atoms with Crippen molar-refractivity contribution in [3.63, 3.8) is 0 Å². The van der Waals surface area contributed by atoms with Crippen LogP contribution in [0.5, 0.6) is 11.5 Å². The highest BCUT2D eigenvalue weighted by molar-refractivity contribution is 5.57. The molecule has 0 radical (unpaired) electrons. The largest absolute Gasteiger partial charge is 0.488 e. The van der Waals surface area contributed by atoms with Crippen LogP contribution in [0.25, 0.3) is 0 Å². The summed E-state index contributed by atoms with van der Waals surface area (Å²) in [6.45, 7) is 11.9. The molecule has 2 aliphatic rings. The molecule has 3 atom stereocenters. The lowest BCUT2D eigenvalue weighted by Crippen LogP contribution is -2.47. The van der Waals surface area contributed by atoms with Gasteiger partial charge in [0.1, 0.15) is 30.0 Å². The predicted molar refractivity (Wildman–Crippen MR) is 143 cm³/mol. The molecule has 0 saturated heterocycles. The fourth-order valence-electron chi connectivity index (χ4n) is 6.27. The number of rotatable bonds is 10. The summed E-state index contributed by atoms with van der Waals surface area (Å²) in [5.41, 5.74) is 3.41. The molecule has 0 spiro atoms. The van der Waals surface area contributed by atoms with Crippen LogP contribution in [-0.4, -0.2) is 11.9 Å². The summed E-state index contributed by atoms with van der Waals surface area (Å²) in [5, 5.41) is 0. The molecule has 1 aliphatic heterocycles. The van der Waals surface area contributed by atoms with Crippen LogP contribution in [0.2, 0.25) is 0 Å². The molecule has 1 fully saturated rings. The minimum atomic E-state index is -0.258. The molecule has 0 aromatic heterocycles. The second-order valence-corrected chi connectivity index (χ2v) is 12.0. The van der Waals surface area contributed by atoms with Crippen LogP contribution >= 0.6 is 0 Å². The molecule has 0 N–H and O–H groups in total. The second-order valence-electron chi connectivity index (χ2n) is 12.0. The summed E-state index contributed by atoms with van der Waals surface area (Å²) < 4.78 is 13.3. The zero-order valence-corrected chi connectivity index (χ0v) is 22.4. The van der Waals surface area contributed by atoms with E-state index in [9.17, 15) is 4.79 Å². The van der Waals surface area contributed by atoms with Gasteiger partial charge in [-0.15, -0.1) is 0 Å². The number of carbonyl (C=O) groups is 1. The van der Waals surface area contributed by atoms with E-state index in [0.717, 1.165) is 49.0 Å². The molecule has 0 bridgehead atoms. The number of unbranched alkanes of at least 4 members (excludes halogenated alkanes) is 3. The lowest BCUT2D eigenvalue weighted by atomic mass is 9.63. The summed E-state index contributed by atoms with van der Waals surface area (Å²) in [4.78, 5) is 11.8. The highest BCUT2D eigenvalue weighted by Crippen LogP contribution is 2.56. The Labute approximate surface area is 212 Å². The number of hydrogen-bond donors (Lipinski definition) is 0. The van der Waals surface area contributed by atoms with E-state index < -0.39 is 0 Å². The first-order chi connectivity index (χ1) is 16.7. The topological polar surface area (TPSA) is 35.5 Å². The molecule has 190 valence electrons. The lowest BCUT2D eigenvalue weighted by molar-refractivity contribution is -0.113. The first-order valence-electron chi connectivity index (χ1n) is 13.7. The Bertz CT molecular complexity index is 991. The third kappa shape index (κ3) is 5.76. The van der Waals surface area contributed by atoms with Gasteiger partial charge in [0.2, 0.25) is 0 Å². The minimum absolute atomic E-state index is 0.0376. The predicted octanol–water partition coefficient (Wildman–Crippen LogP) is 8.38. The van der Waals surface area contributed by atoms with Crippen molar-refractivity contribution in [1.82, 2.24) is 0 Å². The van der Waals surface area contributed by atoms with Crippen LogP contribution in [0.4, 0.5) is 0 Å². The Morgan fingerprint density at radius 3 is 2.57 bits per heavy atom. The molecular formula is C32H44O3. The maximum atomic E-state index is 11.8. The van der Waals surface area contributed by atoms with Gasteiger partial charge in [0.15, 0.2) is 0 Å². The zero-order chi connectivity index (χ0) is 25.1. The van der Waals surface area contributed by atoms with E-state index in [0.29, 0.717) is 12.5 Å². The summed E-state index contributed by atoms with van der Waals surface area (Å²) in [6, 6.07) is 14.9. The van der Waals surface area contributed by atoms with Gasteiger partial charge in [-0.25, -0.2) is 0 Å². The molecule has 3 heteroatoms. The first kappa shape index (κ1) is 25.8. The Balaban J connectivity index is 1.73. The minimum Gasteiger partial charge on any atom is -0.488 e. The average Bonchev–Trinajstić information content (AvgIpc) is 2.85. The van der Waals surface area contributed by atoms with Gasteiger partial charge in [-0.2, -0.15) is 0 Å². The molecule has 0 unspecified atom stereocenters. The average molecular weight is 477 g/mol. The first-order valence-corrected chi connectivity index (χ1v) is 13.7. The number of carbonyl (C=O) groups excluding carboxylic acids is 1. The molecule has 2 aromatic rings. The third-order valence-corrected chi connectivity index (χ3v) is 8.50. The van der Waals surface area contributed by atoms with E-state index >= 15 is 0 Å². The van der Waals surface area contributed by atoms with Gasteiger partial charge >= 0.3 is 0 Å². The Hall–Kier alpha value is -2.29. The normalized spacial score (nSPS) is 23.1. The van der Waals surface area contributed by atoms with Crippen LogP contribution in [-0.2, 0) is 16.8 Å². The van der Waals surface area contributed by atoms with Gasteiger partial charge in [-0.05, 0) is 74.1 Å². The Morgan fingerprint density at radius 1 is 1.09 bits per heavy atom. The van der Waals surface area contributed by atoms with E-state index in [4.69, 9.17) is 9.47 Å². The zero-order valence-electron chi connectivity index (χ0n) is 22.4. The Kier molecular flexibility index (Phi) is 7.93. The third-order valence-electron chi connectivity index (χ3n) is 8.50. The standard InChI is InChI=1S/C32H44O3/c1-6-7-8-12-17-31(2,3)25-19-28(34-22-23-13-10-9-11-14-23)30-26-18-24(21-33)15-16-27(26)32(4,5)35-29(30)20-25/h9-11,13-14,19-21,24,26-27H,6-8,12,15-18,22H2,1-5H3/t24-,26+,27+/m0/s1. The van der Waals surface area contributed by atoms with Crippen molar-refractivity contribution in [1.29, 1.82) is 0 Å². The summed E-state index contributed by atoms with van der Waals surface area (Å²) in [5.74, 6) is 2.70. The monoisotopic (exact) mass is 476 g/mol. The van der Waals surface area contributed by atoms with Gasteiger partial charge in [0.25, 0.3) is 0 Å². The summed E-state index contributed by atoms with van der Waals surface area (Å²) in [6.07, 6.45) is 10.2. The van der Waals surface area contributed by atoms with Crippen LogP contribution in [0, 0.1) is 11.8 Å². The molecule has 3 nitrogen and oxygen atoms in total. The maximum absolute atomic E-state index is 11.8. The van der Waals surface area contributed by atoms with Crippen LogP contribution in [0.1, 0.15) is 109 Å². The number of aldehydes is 1. The van der Waals surface area contributed by atoms with Crippen molar-refractivity contribution in [3.8, 4) is 11.5 Å². The molecule has 0 amide bonds. The van der Waals surface area contributed by atoms with Crippen molar-refractivity contribution >= 4 is 6.29 Å². The van der Waals surface area contributed by atoms with Gasteiger partial charge in [0.05, 0.1) is 0 Å². The van der Waals surface area contributed by atoms with Crippen molar-refractivity contribution in [2.24, 2.45) is 11.8 Å². The van der Waals surface area contributed by atoms with Gasteiger partial charge in [0, 0.05) is 17.4 Å². The summed E-state index contributed by atoms with van der Waals surface area (Å²) in [7, 11) is 0. The maximum Gasteiger partial charge on any atom is 0.127 e. The van der Waals surface area contributed by atoms with Crippen molar-refractivity contribution in [3.05, 3.63) is 59.2 Å². The summed E-state index contributed by atoms with van der Waals surface area (Å²) >= 11 is 0. The quantitative estimate of drug-likeness (QED) is 0.255. The molecular weight excluding hydrogens is 432 g/mol. The molecule has 35 heavy (non-hydrogen) atoms. The van der Waals surface area contributed by atoms with Crippen LogP contribution < -0.4 is 9.47 Å². The number of ether oxygens (including phenoxy) is 2. The second kappa shape index (κ2) is 10.8. The molecule has 2 aromatic carbocycles.